The number of benzene rings is 2. The molecular weight excluding hydrogens is 510 g/mol. The number of nitrogens with zero attached hydrogens (tertiary/aromatic N) is 4. The molecule has 1 aliphatic heterocycles. The van der Waals surface area contributed by atoms with Crippen LogP contribution in [-0.2, 0) is 16.6 Å². The molecule has 0 radical (unpaired) electrons. The number of nitrogens with one attached hydrogen (secondary N) is 1. The summed E-state index contributed by atoms with van der Waals surface area (Å²) in [4.78, 5) is 25.7. The van der Waals surface area contributed by atoms with E-state index in [2.05, 4.69) is 19.6 Å². The third-order valence-corrected chi connectivity index (χ3v) is 8.03. The molecule has 1 amide bonds. The van der Waals surface area contributed by atoms with Crippen molar-refractivity contribution in [3.05, 3.63) is 94.9 Å². The van der Waals surface area contributed by atoms with Gasteiger partial charge in [0.25, 0.3) is 15.9 Å². The number of rotatable bonds is 6. The molecule has 2 aromatic carbocycles. The highest BCUT2D eigenvalue weighted by Crippen LogP contribution is 2.26. The molecule has 0 saturated carbocycles. The average molecular weight is 536 g/mol. The Balaban J connectivity index is 1.25. The summed E-state index contributed by atoms with van der Waals surface area (Å²) < 4.78 is 29.0. The number of halogens is 1. The maximum Gasteiger partial charge on any atom is 0.264 e. The van der Waals surface area contributed by atoms with Crippen LogP contribution in [0.4, 0.5) is 5.69 Å². The number of sulfonamides is 1. The fourth-order valence-corrected chi connectivity index (χ4v) is 6.00. The molecule has 0 bridgehead atoms. The molecule has 3 heterocycles. The van der Waals surface area contributed by atoms with E-state index < -0.39 is 10.0 Å². The highest BCUT2D eigenvalue weighted by atomic mass is 35.5. The number of aromatic nitrogens is 2. The number of amides is 1. The van der Waals surface area contributed by atoms with Gasteiger partial charge in [-0.25, -0.2) is 8.42 Å². The molecule has 8 nitrogen and oxygen atoms in total. The minimum Gasteiger partial charge on any atom is -0.336 e. The fraction of sp³-hybridized carbons (Fsp3) is 0.222. The Morgan fingerprint density at radius 2 is 1.81 bits per heavy atom. The maximum absolute atomic E-state index is 13.2. The van der Waals surface area contributed by atoms with Crippen LogP contribution in [0, 0.1) is 6.92 Å². The normalized spacial score (nSPS) is 14.6. The van der Waals surface area contributed by atoms with Gasteiger partial charge in [-0.15, -0.1) is 0 Å². The van der Waals surface area contributed by atoms with Crippen molar-refractivity contribution in [1.29, 1.82) is 0 Å². The highest BCUT2D eigenvalue weighted by Gasteiger charge is 2.24. The smallest absolute Gasteiger partial charge is 0.264 e. The summed E-state index contributed by atoms with van der Waals surface area (Å²) in [5.74, 6) is -0.0696. The van der Waals surface area contributed by atoms with Gasteiger partial charge in [0.2, 0.25) is 0 Å². The second kappa shape index (κ2) is 10.5. The average Bonchev–Trinajstić information content (AvgIpc) is 2.89. The summed E-state index contributed by atoms with van der Waals surface area (Å²) in [5.41, 5.74) is 3.06. The van der Waals surface area contributed by atoms with Crippen LogP contribution in [0.25, 0.3) is 10.9 Å². The summed E-state index contributed by atoms with van der Waals surface area (Å²) in [5, 5.41) is 1.36. The van der Waals surface area contributed by atoms with Gasteiger partial charge in [0, 0.05) is 62.3 Å². The van der Waals surface area contributed by atoms with Crippen LogP contribution in [0.5, 0.6) is 0 Å². The first-order chi connectivity index (χ1) is 17.8. The number of fused-ring (bicyclic) bond motifs is 1. The van der Waals surface area contributed by atoms with Crippen molar-refractivity contribution < 1.29 is 13.2 Å². The zero-order chi connectivity index (χ0) is 26.0. The molecule has 4 aromatic rings. The minimum absolute atomic E-state index is 0.0696. The number of piperazine rings is 1. The molecule has 0 unspecified atom stereocenters. The fourth-order valence-electron chi connectivity index (χ4n) is 4.50. The lowest BCUT2D eigenvalue weighted by Gasteiger charge is -2.34. The van der Waals surface area contributed by atoms with Gasteiger partial charge in [-0.05, 0) is 54.4 Å². The quantitative estimate of drug-likeness (QED) is 0.394. The zero-order valence-electron chi connectivity index (χ0n) is 20.3. The van der Waals surface area contributed by atoms with E-state index in [4.69, 9.17) is 11.6 Å². The second-order valence-corrected chi connectivity index (χ2v) is 11.1. The van der Waals surface area contributed by atoms with Gasteiger partial charge in [0.05, 0.1) is 16.2 Å². The number of hydrogen-bond acceptors (Lipinski definition) is 6. The van der Waals surface area contributed by atoms with E-state index in [1.165, 1.54) is 6.07 Å². The Morgan fingerprint density at radius 3 is 2.57 bits per heavy atom. The standard InChI is InChI=1S/C27H26ClN5O3S/c1-19-14-22(27(34)33-12-10-32(11-13-33)18-20-15-23(28)17-29-16-20)7-8-24(19)31-37(35,36)25-6-2-4-21-5-3-9-30-26(21)25/h2-9,14-17,31H,10-13,18H2,1H3. The zero-order valence-corrected chi connectivity index (χ0v) is 21.8. The Kier molecular flexibility index (Phi) is 7.10. The Bertz CT molecular complexity index is 1560. The molecule has 0 atom stereocenters. The lowest BCUT2D eigenvalue weighted by atomic mass is 10.1. The predicted octanol–water partition coefficient (Wildman–Crippen LogP) is 4.35. The van der Waals surface area contributed by atoms with E-state index in [-0.39, 0.29) is 10.8 Å². The summed E-state index contributed by atoms with van der Waals surface area (Å²) in [6.07, 6.45) is 4.99. The van der Waals surface area contributed by atoms with Crippen LogP contribution in [0.3, 0.4) is 0 Å². The Morgan fingerprint density at radius 1 is 1.03 bits per heavy atom. The first-order valence-corrected chi connectivity index (χ1v) is 13.7. The molecule has 0 spiro atoms. The molecule has 10 heteroatoms. The Hall–Kier alpha value is -3.53. The summed E-state index contributed by atoms with van der Waals surface area (Å²) in [6, 6.07) is 15.6. The third kappa shape index (κ3) is 5.58. The molecular formula is C27H26ClN5O3S. The molecule has 1 fully saturated rings. The van der Waals surface area contributed by atoms with Crippen LogP contribution in [0.1, 0.15) is 21.5 Å². The van der Waals surface area contributed by atoms with Gasteiger partial charge in [0.15, 0.2) is 0 Å². The molecule has 5 rings (SSSR count). The maximum atomic E-state index is 13.2. The van der Waals surface area contributed by atoms with Crippen LogP contribution in [-0.4, -0.2) is 60.3 Å². The molecule has 1 saturated heterocycles. The molecule has 37 heavy (non-hydrogen) atoms. The Labute approximate surface area is 221 Å². The first kappa shape index (κ1) is 25.1. The number of para-hydroxylation sites is 1. The van der Waals surface area contributed by atoms with Crippen LogP contribution in [0.15, 0.2) is 78.1 Å². The van der Waals surface area contributed by atoms with Crippen molar-refractivity contribution in [1.82, 2.24) is 19.8 Å². The monoisotopic (exact) mass is 535 g/mol. The van der Waals surface area contributed by atoms with E-state index in [0.29, 0.717) is 40.4 Å². The molecule has 190 valence electrons. The molecule has 0 aliphatic carbocycles. The number of carbonyl (C=O) groups is 1. The van der Waals surface area contributed by atoms with Crippen molar-refractivity contribution in [2.45, 2.75) is 18.4 Å². The predicted molar refractivity (Wildman–Crippen MR) is 144 cm³/mol. The van der Waals surface area contributed by atoms with Crippen molar-refractivity contribution in [3.63, 3.8) is 0 Å². The minimum atomic E-state index is -3.88. The van der Waals surface area contributed by atoms with E-state index in [0.717, 1.165) is 30.6 Å². The summed E-state index contributed by atoms with van der Waals surface area (Å²) >= 11 is 6.03. The largest absolute Gasteiger partial charge is 0.336 e. The van der Waals surface area contributed by atoms with Gasteiger partial charge < -0.3 is 4.90 Å². The van der Waals surface area contributed by atoms with E-state index >= 15 is 0 Å². The van der Waals surface area contributed by atoms with Crippen molar-refractivity contribution in [2.24, 2.45) is 0 Å². The van der Waals surface area contributed by atoms with Gasteiger partial charge in [0.1, 0.15) is 4.90 Å². The number of hydrogen-bond donors (Lipinski definition) is 1. The molecule has 1 N–H and O–H groups in total. The third-order valence-electron chi connectivity index (χ3n) is 6.43. The number of carbonyl (C=O) groups excluding carboxylic acids is 1. The van der Waals surface area contributed by atoms with Gasteiger partial charge >= 0.3 is 0 Å². The lowest BCUT2D eigenvalue weighted by Crippen LogP contribution is -2.48. The van der Waals surface area contributed by atoms with Crippen molar-refractivity contribution >= 4 is 44.1 Å². The molecule has 1 aliphatic rings. The van der Waals surface area contributed by atoms with E-state index in [1.807, 2.05) is 23.1 Å². The van der Waals surface area contributed by atoms with Crippen molar-refractivity contribution in [2.75, 3.05) is 30.9 Å². The summed E-state index contributed by atoms with van der Waals surface area (Å²) in [6.45, 7) is 5.22. The van der Waals surface area contributed by atoms with Crippen molar-refractivity contribution in [3.8, 4) is 0 Å². The van der Waals surface area contributed by atoms with Crippen LogP contribution >= 0.6 is 11.6 Å². The topological polar surface area (TPSA) is 95.5 Å². The van der Waals surface area contributed by atoms with E-state index in [9.17, 15) is 13.2 Å². The van der Waals surface area contributed by atoms with Crippen LogP contribution in [0.2, 0.25) is 5.02 Å². The highest BCUT2D eigenvalue weighted by molar-refractivity contribution is 7.93. The summed E-state index contributed by atoms with van der Waals surface area (Å²) in [7, 11) is -3.88. The van der Waals surface area contributed by atoms with Gasteiger partial charge in [-0.3, -0.25) is 24.4 Å². The second-order valence-electron chi connectivity index (χ2n) is 9.05. The van der Waals surface area contributed by atoms with Crippen LogP contribution < -0.4 is 4.72 Å². The first-order valence-electron chi connectivity index (χ1n) is 11.9. The SMILES string of the molecule is Cc1cc(C(=O)N2CCN(Cc3cncc(Cl)c3)CC2)ccc1NS(=O)(=O)c1cccc2cccnc12. The lowest BCUT2D eigenvalue weighted by molar-refractivity contribution is 0.0628. The van der Waals surface area contributed by atoms with Gasteiger partial charge in [-0.2, -0.15) is 0 Å². The van der Waals surface area contributed by atoms with Gasteiger partial charge in [-0.1, -0.05) is 29.8 Å². The van der Waals surface area contributed by atoms with E-state index in [1.54, 1.807) is 55.8 Å². The molecule has 2 aromatic heterocycles. The number of aryl methyl sites for hydroxylation is 1. The number of anilines is 1. The number of pyridine rings is 2.